The molecule has 96 valence electrons. The van der Waals surface area contributed by atoms with Crippen molar-refractivity contribution in [2.45, 2.75) is 12.3 Å². The number of rotatable bonds is 8. The Kier molecular flexibility index (Phi) is 7.33. The van der Waals surface area contributed by atoms with Crippen LogP contribution in [0.5, 0.6) is 0 Å². The van der Waals surface area contributed by atoms with Gasteiger partial charge < -0.3 is 9.64 Å². The van der Waals surface area contributed by atoms with Crippen LogP contribution < -0.4 is 0 Å². The van der Waals surface area contributed by atoms with Crippen LogP contribution in [0.25, 0.3) is 0 Å². The van der Waals surface area contributed by atoms with Gasteiger partial charge in [-0.2, -0.15) is 12.6 Å². The van der Waals surface area contributed by atoms with Crippen LogP contribution in [0.1, 0.15) is 17.9 Å². The number of methoxy groups -OCH3 is 1. The van der Waals surface area contributed by atoms with E-state index in [1.165, 1.54) is 5.56 Å². The van der Waals surface area contributed by atoms with Crippen molar-refractivity contribution in [1.82, 2.24) is 4.90 Å². The second kappa shape index (κ2) is 8.56. The maximum atomic E-state index is 5.07. The molecule has 1 atom stereocenters. The van der Waals surface area contributed by atoms with Gasteiger partial charge in [-0.15, -0.1) is 0 Å². The first-order valence-corrected chi connectivity index (χ1v) is 6.74. The van der Waals surface area contributed by atoms with Gasteiger partial charge in [0.15, 0.2) is 0 Å². The molecule has 0 heterocycles. The van der Waals surface area contributed by atoms with Gasteiger partial charge in [0.05, 0.1) is 0 Å². The van der Waals surface area contributed by atoms with Crippen LogP contribution in [0.3, 0.4) is 0 Å². The first kappa shape index (κ1) is 14.6. The summed E-state index contributed by atoms with van der Waals surface area (Å²) < 4.78 is 5.07. The van der Waals surface area contributed by atoms with E-state index in [9.17, 15) is 0 Å². The molecule has 0 saturated heterocycles. The molecule has 0 radical (unpaired) electrons. The summed E-state index contributed by atoms with van der Waals surface area (Å²) in [5.41, 5.74) is 1.38. The Morgan fingerprint density at radius 1 is 1.29 bits per heavy atom. The Hall–Kier alpha value is -0.510. The molecule has 0 aliphatic heterocycles. The van der Waals surface area contributed by atoms with Gasteiger partial charge in [0, 0.05) is 32.7 Å². The van der Waals surface area contributed by atoms with Gasteiger partial charge >= 0.3 is 0 Å². The molecule has 2 nitrogen and oxygen atoms in total. The highest BCUT2D eigenvalue weighted by atomic mass is 32.1. The summed E-state index contributed by atoms with van der Waals surface area (Å²) in [5.74, 6) is 1.39. The monoisotopic (exact) mass is 253 g/mol. The Labute approximate surface area is 110 Å². The lowest BCUT2D eigenvalue weighted by Crippen LogP contribution is -2.27. The number of ether oxygens (including phenoxy) is 1. The van der Waals surface area contributed by atoms with E-state index in [0.717, 1.165) is 31.9 Å². The fourth-order valence-corrected chi connectivity index (χ4v) is 2.27. The van der Waals surface area contributed by atoms with E-state index in [-0.39, 0.29) is 0 Å². The van der Waals surface area contributed by atoms with E-state index in [0.29, 0.717) is 5.92 Å². The fraction of sp³-hybridized carbons (Fsp3) is 0.571. The number of benzene rings is 1. The van der Waals surface area contributed by atoms with Crippen molar-refractivity contribution >= 4 is 12.6 Å². The number of likely N-dealkylation sites (N-methyl/N-ethyl adjacent to an activating group) is 1. The zero-order valence-electron chi connectivity index (χ0n) is 10.8. The van der Waals surface area contributed by atoms with Crippen molar-refractivity contribution in [1.29, 1.82) is 0 Å². The third-order valence-electron chi connectivity index (χ3n) is 2.91. The van der Waals surface area contributed by atoms with Gasteiger partial charge in [0.25, 0.3) is 0 Å². The Balaban J connectivity index is 2.41. The van der Waals surface area contributed by atoms with Crippen molar-refractivity contribution in [3.8, 4) is 0 Å². The summed E-state index contributed by atoms with van der Waals surface area (Å²) in [4.78, 5) is 2.35. The molecule has 0 saturated carbocycles. The Morgan fingerprint density at radius 3 is 2.59 bits per heavy atom. The summed E-state index contributed by atoms with van der Waals surface area (Å²) in [7, 11) is 3.91. The van der Waals surface area contributed by atoms with Crippen molar-refractivity contribution in [2.24, 2.45) is 0 Å². The summed E-state index contributed by atoms with van der Waals surface area (Å²) in [5, 5.41) is 0. The van der Waals surface area contributed by atoms with Gasteiger partial charge in [-0.05, 0) is 24.8 Å². The topological polar surface area (TPSA) is 12.5 Å². The number of nitrogens with zero attached hydrogens (tertiary/aromatic N) is 1. The van der Waals surface area contributed by atoms with Crippen LogP contribution in [0.2, 0.25) is 0 Å². The van der Waals surface area contributed by atoms with Crippen LogP contribution >= 0.6 is 12.6 Å². The third kappa shape index (κ3) is 5.57. The minimum Gasteiger partial charge on any atom is -0.385 e. The summed E-state index contributed by atoms with van der Waals surface area (Å²) in [6, 6.07) is 10.6. The Morgan fingerprint density at radius 2 is 2.00 bits per heavy atom. The quantitative estimate of drug-likeness (QED) is 0.565. The SMILES string of the molecule is COCCCN(C)CC(CS)c1ccccc1. The predicted octanol–water partition coefficient (Wildman–Crippen LogP) is 2.67. The van der Waals surface area contributed by atoms with Crippen LogP contribution in [0.15, 0.2) is 30.3 Å². The van der Waals surface area contributed by atoms with Gasteiger partial charge in [-0.25, -0.2) is 0 Å². The molecule has 0 spiro atoms. The first-order valence-electron chi connectivity index (χ1n) is 6.11. The molecular formula is C14H23NOS. The molecule has 3 heteroatoms. The second-order valence-corrected chi connectivity index (χ2v) is 4.76. The van der Waals surface area contributed by atoms with E-state index in [1.54, 1.807) is 7.11 Å². The normalized spacial score (nSPS) is 12.9. The largest absolute Gasteiger partial charge is 0.385 e. The average Bonchev–Trinajstić information content (AvgIpc) is 2.37. The minimum absolute atomic E-state index is 0.507. The van der Waals surface area contributed by atoms with E-state index in [2.05, 4.69) is 54.9 Å². The standard InChI is InChI=1S/C14H23NOS/c1-15(9-6-10-16-2)11-14(12-17)13-7-4-3-5-8-13/h3-5,7-8,14,17H,6,9-12H2,1-2H3. The van der Waals surface area contributed by atoms with E-state index < -0.39 is 0 Å². The van der Waals surface area contributed by atoms with Gasteiger partial charge in [-0.1, -0.05) is 30.3 Å². The van der Waals surface area contributed by atoms with Crippen molar-refractivity contribution in [3.05, 3.63) is 35.9 Å². The predicted molar refractivity (Wildman–Crippen MR) is 77.0 cm³/mol. The lowest BCUT2D eigenvalue weighted by molar-refractivity contribution is 0.178. The van der Waals surface area contributed by atoms with Crippen LogP contribution in [0, 0.1) is 0 Å². The molecule has 1 rings (SSSR count). The van der Waals surface area contributed by atoms with Crippen molar-refractivity contribution in [2.75, 3.05) is 39.6 Å². The molecule has 0 aliphatic carbocycles. The molecular weight excluding hydrogens is 230 g/mol. The minimum atomic E-state index is 0.507. The Bertz CT molecular complexity index is 292. The zero-order chi connectivity index (χ0) is 12.5. The molecule has 1 aromatic rings. The van der Waals surface area contributed by atoms with E-state index in [4.69, 9.17) is 4.74 Å². The smallest absolute Gasteiger partial charge is 0.0474 e. The zero-order valence-corrected chi connectivity index (χ0v) is 11.7. The van der Waals surface area contributed by atoms with Crippen LogP contribution in [0.4, 0.5) is 0 Å². The van der Waals surface area contributed by atoms with Gasteiger partial charge in [-0.3, -0.25) is 0 Å². The maximum Gasteiger partial charge on any atom is 0.0474 e. The summed E-state index contributed by atoms with van der Waals surface area (Å²) in [6.45, 7) is 2.96. The molecule has 0 N–H and O–H groups in total. The second-order valence-electron chi connectivity index (χ2n) is 4.40. The average molecular weight is 253 g/mol. The first-order chi connectivity index (χ1) is 8.27. The molecule has 17 heavy (non-hydrogen) atoms. The van der Waals surface area contributed by atoms with Gasteiger partial charge in [0.1, 0.15) is 0 Å². The third-order valence-corrected chi connectivity index (χ3v) is 3.35. The highest BCUT2D eigenvalue weighted by molar-refractivity contribution is 7.80. The van der Waals surface area contributed by atoms with Crippen molar-refractivity contribution < 1.29 is 4.74 Å². The molecule has 0 aliphatic rings. The summed E-state index contributed by atoms with van der Waals surface area (Å²) in [6.07, 6.45) is 1.08. The lowest BCUT2D eigenvalue weighted by atomic mass is 10.0. The van der Waals surface area contributed by atoms with Crippen LogP contribution in [-0.2, 0) is 4.74 Å². The number of thiol groups is 1. The fourth-order valence-electron chi connectivity index (χ4n) is 1.94. The highest BCUT2D eigenvalue weighted by Gasteiger charge is 2.11. The van der Waals surface area contributed by atoms with E-state index in [1.807, 2.05) is 0 Å². The molecule has 0 fully saturated rings. The van der Waals surface area contributed by atoms with Gasteiger partial charge in [0.2, 0.25) is 0 Å². The highest BCUT2D eigenvalue weighted by Crippen LogP contribution is 2.17. The van der Waals surface area contributed by atoms with Crippen molar-refractivity contribution in [3.63, 3.8) is 0 Å². The molecule has 0 bridgehead atoms. The van der Waals surface area contributed by atoms with Crippen LogP contribution in [-0.4, -0.2) is 44.5 Å². The number of hydrogen-bond donors (Lipinski definition) is 1. The molecule has 1 aromatic carbocycles. The van der Waals surface area contributed by atoms with E-state index >= 15 is 0 Å². The lowest BCUT2D eigenvalue weighted by Gasteiger charge is -2.23. The molecule has 0 amide bonds. The summed E-state index contributed by atoms with van der Waals surface area (Å²) >= 11 is 4.46. The molecule has 0 aromatic heterocycles. The maximum absolute atomic E-state index is 5.07. The molecule has 1 unspecified atom stereocenters. The number of hydrogen-bond acceptors (Lipinski definition) is 3.